The fraction of sp³-hybridized carbons (Fsp3) is 0.150. The van der Waals surface area contributed by atoms with E-state index in [0.717, 1.165) is 34.0 Å². The molecule has 0 saturated carbocycles. The van der Waals surface area contributed by atoms with Crippen molar-refractivity contribution in [2.75, 3.05) is 6.26 Å². The Morgan fingerprint density at radius 1 is 1.14 bits per heavy atom. The van der Waals surface area contributed by atoms with Crippen molar-refractivity contribution >= 4 is 15.7 Å². The van der Waals surface area contributed by atoms with Gasteiger partial charge in [0.1, 0.15) is 12.0 Å². The quantitative estimate of drug-likeness (QED) is 0.626. The van der Waals surface area contributed by atoms with E-state index in [9.17, 15) is 18.3 Å². The first-order valence-electron chi connectivity index (χ1n) is 8.45. The molecular weight excluding hydrogens is 394 g/mol. The van der Waals surface area contributed by atoms with Gasteiger partial charge in [0.2, 0.25) is 15.5 Å². The fourth-order valence-electron chi connectivity index (χ4n) is 2.59. The highest BCUT2D eigenvalue weighted by atomic mass is 32.2. The smallest absolute Gasteiger partial charge is 0.226 e. The number of benzene rings is 1. The van der Waals surface area contributed by atoms with E-state index >= 15 is 0 Å². The molecule has 3 rings (SSSR count). The van der Waals surface area contributed by atoms with E-state index in [2.05, 4.69) is 9.83 Å². The molecule has 9 heteroatoms. The van der Waals surface area contributed by atoms with Gasteiger partial charge >= 0.3 is 0 Å². The number of sulfonamides is 1. The SMILES string of the molecule is [C-]#[N+]c1ccc(-c2ccc(CN(Cc3cc(=O)c(O)co3)S(C)(=O)=O)nc2)cc1. The zero-order chi connectivity index (χ0) is 21.0. The second-order valence-electron chi connectivity index (χ2n) is 6.32. The van der Waals surface area contributed by atoms with Crippen LogP contribution in [0.15, 0.2) is 64.1 Å². The third kappa shape index (κ3) is 5.07. The van der Waals surface area contributed by atoms with Gasteiger partial charge in [-0.15, -0.1) is 0 Å². The van der Waals surface area contributed by atoms with Crippen LogP contribution in [-0.4, -0.2) is 29.1 Å². The molecule has 2 heterocycles. The predicted octanol–water partition coefficient (Wildman–Crippen LogP) is 2.92. The van der Waals surface area contributed by atoms with E-state index in [4.69, 9.17) is 11.0 Å². The molecule has 0 atom stereocenters. The van der Waals surface area contributed by atoms with Crippen molar-refractivity contribution in [3.05, 3.63) is 88.0 Å². The summed E-state index contributed by atoms with van der Waals surface area (Å²) >= 11 is 0. The maximum atomic E-state index is 12.1. The van der Waals surface area contributed by atoms with Gasteiger partial charge in [-0.2, -0.15) is 4.31 Å². The highest BCUT2D eigenvalue weighted by Crippen LogP contribution is 2.22. The third-order valence-electron chi connectivity index (χ3n) is 4.16. The van der Waals surface area contributed by atoms with Crippen LogP contribution < -0.4 is 5.43 Å². The molecular formula is C20H17N3O5S. The largest absolute Gasteiger partial charge is 0.502 e. The summed E-state index contributed by atoms with van der Waals surface area (Å²) in [7, 11) is -3.61. The van der Waals surface area contributed by atoms with E-state index < -0.39 is 21.2 Å². The van der Waals surface area contributed by atoms with E-state index in [1.54, 1.807) is 24.4 Å². The lowest BCUT2D eigenvalue weighted by Gasteiger charge is -2.19. The molecule has 0 aliphatic rings. The second-order valence-corrected chi connectivity index (χ2v) is 8.31. The molecule has 8 nitrogen and oxygen atoms in total. The molecule has 148 valence electrons. The number of pyridine rings is 1. The number of hydrogen-bond donors (Lipinski definition) is 1. The number of hydrogen-bond acceptors (Lipinski definition) is 6. The Balaban J connectivity index is 1.79. The van der Waals surface area contributed by atoms with Crippen LogP contribution in [0.3, 0.4) is 0 Å². The molecule has 0 bridgehead atoms. The summed E-state index contributed by atoms with van der Waals surface area (Å²) < 4.78 is 30.5. The van der Waals surface area contributed by atoms with Gasteiger partial charge in [0, 0.05) is 12.3 Å². The number of aromatic nitrogens is 1. The Hall–Kier alpha value is -3.48. The normalized spacial score (nSPS) is 11.3. The van der Waals surface area contributed by atoms with Crippen LogP contribution >= 0.6 is 0 Å². The Labute approximate surface area is 167 Å². The van der Waals surface area contributed by atoms with Gasteiger partial charge in [-0.3, -0.25) is 9.78 Å². The molecule has 0 fully saturated rings. The first-order chi connectivity index (χ1) is 13.8. The lowest BCUT2D eigenvalue weighted by Crippen LogP contribution is -2.29. The van der Waals surface area contributed by atoms with Crippen molar-refractivity contribution < 1.29 is 17.9 Å². The number of aromatic hydroxyl groups is 1. The summed E-state index contributed by atoms with van der Waals surface area (Å²) in [5.74, 6) is -0.434. The zero-order valence-electron chi connectivity index (χ0n) is 15.4. The topological polar surface area (TPSA) is 105 Å². The van der Waals surface area contributed by atoms with Gasteiger partial charge in [-0.25, -0.2) is 13.3 Å². The highest BCUT2D eigenvalue weighted by Gasteiger charge is 2.20. The number of rotatable bonds is 6. The molecule has 2 aromatic heterocycles. The predicted molar refractivity (Wildman–Crippen MR) is 107 cm³/mol. The van der Waals surface area contributed by atoms with Crippen molar-refractivity contribution in [2.45, 2.75) is 13.1 Å². The minimum absolute atomic E-state index is 0.0135. The minimum atomic E-state index is -3.61. The van der Waals surface area contributed by atoms with Crippen LogP contribution in [0.1, 0.15) is 11.5 Å². The maximum Gasteiger partial charge on any atom is 0.226 e. The van der Waals surface area contributed by atoms with E-state index in [-0.39, 0.29) is 18.8 Å². The summed E-state index contributed by atoms with van der Waals surface area (Å²) in [4.78, 5) is 19.2. The first kappa shape index (κ1) is 20.3. The summed E-state index contributed by atoms with van der Waals surface area (Å²) in [5, 5.41) is 9.26. The molecule has 3 aromatic rings. The molecule has 0 unspecified atom stereocenters. The van der Waals surface area contributed by atoms with Gasteiger partial charge in [0.25, 0.3) is 0 Å². The monoisotopic (exact) mass is 411 g/mol. The Morgan fingerprint density at radius 2 is 1.83 bits per heavy atom. The van der Waals surface area contributed by atoms with Crippen LogP contribution in [0.2, 0.25) is 0 Å². The molecule has 1 aromatic carbocycles. The van der Waals surface area contributed by atoms with Crippen molar-refractivity contribution in [2.24, 2.45) is 0 Å². The molecule has 0 aliphatic carbocycles. The van der Waals surface area contributed by atoms with E-state index in [1.807, 2.05) is 18.2 Å². The summed E-state index contributed by atoms with van der Waals surface area (Å²) in [5.41, 5.74) is 2.13. The Kier molecular flexibility index (Phi) is 5.77. The average Bonchev–Trinajstić information content (AvgIpc) is 2.70. The first-order valence-corrected chi connectivity index (χ1v) is 10.3. The lowest BCUT2D eigenvalue weighted by atomic mass is 10.1. The zero-order valence-corrected chi connectivity index (χ0v) is 16.3. The molecule has 0 saturated heterocycles. The van der Waals surface area contributed by atoms with Crippen molar-refractivity contribution in [3.63, 3.8) is 0 Å². The van der Waals surface area contributed by atoms with Gasteiger partial charge in [-0.05, 0) is 17.2 Å². The summed E-state index contributed by atoms with van der Waals surface area (Å²) in [6.07, 6.45) is 3.56. The van der Waals surface area contributed by atoms with E-state index in [0.29, 0.717) is 11.4 Å². The molecule has 0 spiro atoms. The van der Waals surface area contributed by atoms with Crippen LogP contribution in [0.5, 0.6) is 5.75 Å². The average molecular weight is 411 g/mol. The molecule has 0 radical (unpaired) electrons. The minimum Gasteiger partial charge on any atom is -0.502 e. The Bertz CT molecular complexity index is 1210. The maximum absolute atomic E-state index is 12.1. The summed E-state index contributed by atoms with van der Waals surface area (Å²) in [6, 6.07) is 11.6. The van der Waals surface area contributed by atoms with Crippen molar-refractivity contribution in [3.8, 4) is 16.9 Å². The van der Waals surface area contributed by atoms with Crippen LogP contribution in [0.4, 0.5) is 5.69 Å². The second kappa shape index (κ2) is 8.26. The van der Waals surface area contributed by atoms with Crippen LogP contribution in [0.25, 0.3) is 16.0 Å². The van der Waals surface area contributed by atoms with Gasteiger partial charge in [0.05, 0.1) is 31.6 Å². The Morgan fingerprint density at radius 3 is 2.38 bits per heavy atom. The summed E-state index contributed by atoms with van der Waals surface area (Å²) in [6.45, 7) is 6.80. The number of nitrogens with zero attached hydrogens (tertiary/aromatic N) is 3. The van der Waals surface area contributed by atoms with Gasteiger partial charge in [0.15, 0.2) is 11.4 Å². The lowest BCUT2D eigenvalue weighted by molar-refractivity contribution is 0.342. The van der Waals surface area contributed by atoms with Crippen LogP contribution in [0, 0.1) is 6.57 Å². The van der Waals surface area contributed by atoms with E-state index in [1.165, 1.54) is 0 Å². The van der Waals surface area contributed by atoms with Gasteiger partial charge in [-0.1, -0.05) is 30.3 Å². The molecule has 0 aliphatic heterocycles. The van der Waals surface area contributed by atoms with Crippen molar-refractivity contribution in [1.82, 2.24) is 9.29 Å². The van der Waals surface area contributed by atoms with Crippen molar-refractivity contribution in [1.29, 1.82) is 0 Å². The molecule has 1 N–H and O–H groups in total. The molecule has 29 heavy (non-hydrogen) atoms. The standard InChI is InChI=1S/C20H17N3O5S/c1-21-16-6-3-14(4-7-16)15-5-8-17(22-10-15)11-23(29(2,26)27)12-18-9-19(24)20(25)13-28-18/h3-10,13,25H,11-12H2,2H3. The third-order valence-corrected chi connectivity index (χ3v) is 5.36. The van der Waals surface area contributed by atoms with Crippen LogP contribution in [-0.2, 0) is 23.1 Å². The highest BCUT2D eigenvalue weighted by molar-refractivity contribution is 7.88. The fourth-order valence-corrected chi connectivity index (χ4v) is 3.32. The van der Waals surface area contributed by atoms with Gasteiger partial charge < -0.3 is 9.52 Å². The molecule has 0 amide bonds.